The summed E-state index contributed by atoms with van der Waals surface area (Å²) in [5, 5.41) is 3.03. The minimum Gasteiger partial charge on any atom is -0.756 e. The molecule has 3 unspecified atom stereocenters. The molecule has 1 N–H and O–H groups in total. The average molecular weight is 1060 g/mol. The molecule has 0 saturated heterocycles. The number of nitrogens with one attached hydrogen (secondary N) is 1. The lowest BCUT2D eigenvalue weighted by Crippen LogP contribution is -2.47. The van der Waals surface area contributed by atoms with Crippen molar-refractivity contribution in [2.45, 2.75) is 309 Å². The Kier molecular flexibility index (Phi) is 52.8. The largest absolute Gasteiger partial charge is 0.756 e. The first-order valence-corrected chi connectivity index (χ1v) is 32.9. The van der Waals surface area contributed by atoms with Crippen LogP contribution >= 0.6 is 7.82 Å². The van der Waals surface area contributed by atoms with Crippen LogP contribution in [0, 0.1) is 0 Å². The summed E-state index contributed by atoms with van der Waals surface area (Å²) in [5.41, 5.74) is 0. The van der Waals surface area contributed by atoms with Gasteiger partial charge in [-0.2, -0.15) is 0 Å². The second-order valence-electron chi connectivity index (χ2n) is 22.6. The zero-order valence-corrected chi connectivity index (χ0v) is 50.4. The number of nitrogens with zero attached hydrogens (tertiary/aromatic N) is 1. The summed E-state index contributed by atoms with van der Waals surface area (Å²) in [5.74, 6) is -0.538. The van der Waals surface area contributed by atoms with Gasteiger partial charge < -0.3 is 28.5 Å². The van der Waals surface area contributed by atoms with Gasteiger partial charge in [0.05, 0.1) is 33.8 Å². The van der Waals surface area contributed by atoms with Crippen molar-refractivity contribution in [2.24, 2.45) is 0 Å². The Morgan fingerprint density at radius 3 is 1.26 bits per heavy atom. The van der Waals surface area contributed by atoms with E-state index in [2.05, 4.69) is 62.5 Å². The lowest BCUT2D eigenvalue weighted by molar-refractivity contribution is -0.870. The molecule has 3 atom stereocenters. The maximum absolute atomic E-state index is 13.5. The number of likely N-dealkylation sites (N-methyl/N-ethyl adjacent to an activating group) is 1. The summed E-state index contributed by atoms with van der Waals surface area (Å²) in [7, 11) is 1.19. The number of phosphoric ester groups is 1. The summed E-state index contributed by atoms with van der Waals surface area (Å²) in [4.78, 5) is 40.0. The molecular formula is C64H121N2O7P. The van der Waals surface area contributed by atoms with Crippen molar-refractivity contribution in [3.63, 3.8) is 0 Å². The van der Waals surface area contributed by atoms with E-state index in [0.29, 0.717) is 17.4 Å². The maximum atomic E-state index is 13.5. The number of esters is 1. The molecule has 1 amide bonds. The molecule has 0 aliphatic heterocycles. The molecule has 0 bridgehead atoms. The summed E-state index contributed by atoms with van der Waals surface area (Å²) >= 11 is 0. The van der Waals surface area contributed by atoms with Crippen LogP contribution in [0.1, 0.15) is 297 Å². The predicted molar refractivity (Wildman–Crippen MR) is 316 cm³/mol. The van der Waals surface area contributed by atoms with E-state index in [4.69, 9.17) is 13.8 Å². The van der Waals surface area contributed by atoms with E-state index < -0.39 is 20.0 Å². The van der Waals surface area contributed by atoms with Crippen molar-refractivity contribution in [1.82, 2.24) is 5.32 Å². The summed E-state index contributed by atoms with van der Waals surface area (Å²) < 4.78 is 30.3. The smallest absolute Gasteiger partial charge is 0.306 e. The molecule has 0 rings (SSSR count). The van der Waals surface area contributed by atoms with E-state index in [9.17, 15) is 19.0 Å². The molecule has 74 heavy (non-hydrogen) atoms. The van der Waals surface area contributed by atoms with E-state index in [1.807, 2.05) is 33.3 Å². The Bertz CT molecular complexity index is 1410. The van der Waals surface area contributed by atoms with Crippen LogP contribution in [0.3, 0.4) is 0 Å². The highest BCUT2D eigenvalue weighted by atomic mass is 31.2. The van der Waals surface area contributed by atoms with E-state index >= 15 is 0 Å². The van der Waals surface area contributed by atoms with Crippen molar-refractivity contribution in [2.75, 3.05) is 40.9 Å². The first-order valence-electron chi connectivity index (χ1n) is 31.4. The van der Waals surface area contributed by atoms with Crippen LogP contribution in [0.2, 0.25) is 0 Å². The van der Waals surface area contributed by atoms with Gasteiger partial charge in [0.25, 0.3) is 7.82 Å². The maximum Gasteiger partial charge on any atom is 0.306 e. The van der Waals surface area contributed by atoms with Gasteiger partial charge in [0.15, 0.2) is 0 Å². The zero-order valence-electron chi connectivity index (χ0n) is 49.6. The molecule has 0 saturated carbocycles. The normalized spacial score (nSPS) is 14.0. The number of ether oxygens (including phenoxy) is 1. The minimum atomic E-state index is -4.70. The molecule has 0 fully saturated rings. The molecule has 10 heteroatoms. The topological polar surface area (TPSA) is 114 Å². The number of carbonyl (C=O) groups is 2. The van der Waals surface area contributed by atoms with Gasteiger partial charge in [0.1, 0.15) is 19.3 Å². The standard InChI is InChI=1S/C64H121N2O7P/c1-7-10-13-16-19-22-25-28-30-31-32-33-34-35-36-38-41-44-47-50-53-56-63(67)65-61(60-72-74(69,70)71-59-58-66(4,5)6)62(55-52-49-46-43-40-37-27-24-21-18-15-12-9-3)73-64(68)57-54-51-48-45-42-39-29-26-23-20-17-14-11-8-2/h19,22,28,30,32-33,52,55,61-62H,7-18,20-21,23-27,29,31,34-51,53-54,56-60H2,1-6H3,(H-,65,67,69,70)/b22-19-,30-28-,33-32-,55-52-. The Labute approximate surface area is 458 Å². The second-order valence-corrected chi connectivity index (χ2v) is 24.0. The lowest BCUT2D eigenvalue weighted by atomic mass is 10.0. The fraction of sp³-hybridized carbons (Fsp3) is 0.844. The number of allylic oxidation sites excluding steroid dienone is 7. The van der Waals surface area contributed by atoms with Crippen LogP contribution in [-0.4, -0.2) is 69.4 Å². The van der Waals surface area contributed by atoms with Crippen molar-refractivity contribution in [1.29, 1.82) is 0 Å². The molecule has 0 aliphatic carbocycles. The number of carbonyl (C=O) groups excluding carboxylic acids is 2. The molecule has 9 nitrogen and oxygen atoms in total. The Hall–Kier alpha value is -2.03. The number of rotatable bonds is 57. The Morgan fingerprint density at radius 1 is 0.473 bits per heavy atom. The lowest BCUT2D eigenvalue weighted by Gasteiger charge is -2.30. The van der Waals surface area contributed by atoms with E-state index in [1.54, 1.807) is 0 Å². The fourth-order valence-corrected chi connectivity index (χ4v) is 9.84. The molecule has 0 aromatic carbocycles. The average Bonchev–Trinajstić information content (AvgIpc) is 3.36. The van der Waals surface area contributed by atoms with E-state index in [0.717, 1.165) is 83.5 Å². The fourth-order valence-electron chi connectivity index (χ4n) is 9.12. The predicted octanol–water partition coefficient (Wildman–Crippen LogP) is 18.6. The van der Waals surface area contributed by atoms with Gasteiger partial charge in [-0.25, -0.2) is 0 Å². The van der Waals surface area contributed by atoms with E-state index in [1.165, 1.54) is 180 Å². The third kappa shape index (κ3) is 54.7. The van der Waals surface area contributed by atoms with Gasteiger partial charge in [-0.1, -0.05) is 262 Å². The van der Waals surface area contributed by atoms with Crippen LogP contribution in [0.15, 0.2) is 48.6 Å². The molecule has 0 radical (unpaired) electrons. The molecule has 0 heterocycles. The van der Waals surface area contributed by atoms with Crippen LogP contribution in [0.4, 0.5) is 0 Å². The molecule has 0 spiro atoms. The minimum absolute atomic E-state index is 0.0228. The van der Waals surface area contributed by atoms with Gasteiger partial charge in [0.2, 0.25) is 5.91 Å². The van der Waals surface area contributed by atoms with Crippen LogP contribution < -0.4 is 10.2 Å². The Balaban J connectivity index is 5.25. The van der Waals surface area contributed by atoms with Gasteiger partial charge in [-0.3, -0.25) is 14.2 Å². The highest BCUT2D eigenvalue weighted by molar-refractivity contribution is 7.45. The van der Waals surface area contributed by atoms with Gasteiger partial charge in [0, 0.05) is 12.8 Å². The highest BCUT2D eigenvalue weighted by Crippen LogP contribution is 2.38. The SMILES string of the molecule is CCCCC/C=C\C/C=C\C/C=C\CCCCCCCCCCC(=O)NC(COP(=O)([O-])OCC[N+](C)(C)C)C(/C=C\CCCCCCCCCCCCC)OC(=O)CCCCCCCCCCCCCCCC. The summed E-state index contributed by atoms with van der Waals surface area (Å²) in [6.07, 6.45) is 66.4. The second kappa shape index (κ2) is 54.3. The van der Waals surface area contributed by atoms with Crippen LogP contribution in [0.5, 0.6) is 0 Å². The van der Waals surface area contributed by atoms with Crippen molar-refractivity contribution < 1.29 is 37.3 Å². The zero-order chi connectivity index (χ0) is 54.3. The number of amides is 1. The first-order chi connectivity index (χ1) is 35.9. The van der Waals surface area contributed by atoms with Crippen LogP contribution in [-0.2, 0) is 27.9 Å². The number of phosphoric acid groups is 1. The summed E-state index contributed by atoms with van der Waals surface area (Å²) in [6.45, 7) is 6.84. The number of hydrogen-bond acceptors (Lipinski definition) is 7. The Morgan fingerprint density at radius 2 is 0.824 bits per heavy atom. The first kappa shape index (κ1) is 72.0. The van der Waals surface area contributed by atoms with Crippen molar-refractivity contribution in [3.8, 4) is 0 Å². The van der Waals surface area contributed by atoms with Crippen molar-refractivity contribution >= 4 is 19.7 Å². The molecule has 0 aliphatic rings. The number of hydrogen-bond donors (Lipinski definition) is 1. The summed E-state index contributed by atoms with van der Waals surface area (Å²) in [6, 6.07) is -0.890. The third-order valence-electron chi connectivity index (χ3n) is 14.0. The number of quaternary nitrogens is 1. The highest BCUT2D eigenvalue weighted by Gasteiger charge is 2.27. The molecule has 0 aromatic heterocycles. The third-order valence-corrected chi connectivity index (χ3v) is 15.0. The van der Waals surface area contributed by atoms with Crippen LogP contribution in [0.25, 0.3) is 0 Å². The van der Waals surface area contributed by atoms with Gasteiger partial charge in [-0.15, -0.1) is 0 Å². The monoisotopic (exact) mass is 1060 g/mol. The van der Waals surface area contributed by atoms with Gasteiger partial charge in [-0.05, 0) is 70.3 Å². The number of unbranched alkanes of at least 4 members (excludes halogenated alkanes) is 35. The quantitative estimate of drug-likeness (QED) is 0.0212. The van der Waals surface area contributed by atoms with E-state index in [-0.39, 0.29) is 31.5 Å². The molecule has 434 valence electrons. The van der Waals surface area contributed by atoms with Crippen molar-refractivity contribution in [3.05, 3.63) is 48.6 Å². The van der Waals surface area contributed by atoms with Gasteiger partial charge >= 0.3 is 5.97 Å². The molecular weight excluding hydrogens is 940 g/mol. The molecule has 0 aromatic rings.